The van der Waals surface area contributed by atoms with Crippen molar-refractivity contribution in [2.75, 3.05) is 26.4 Å². The molecule has 0 atom stereocenters. The monoisotopic (exact) mass is 426 g/mol. The number of hydrogen-bond acceptors (Lipinski definition) is 5. The molecule has 0 aliphatic heterocycles. The normalized spacial score (nSPS) is 11.8. The average Bonchev–Trinajstić information content (AvgIpc) is 2.75. The fourth-order valence-corrected chi connectivity index (χ4v) is 6.34. The fourth-order valence-electron chi connectivity index (χ4n) is 3.76. The molecule has 0 saturated heterocycles. The summed E-state index contributed by atoms with van der Waals surface area (Å²) in [6.07, 6.45) is 0.626. The molecule has 0 saturated carbocycles. The number of esters is 1. The van der Waals surface area contributed by atoms with E-state index in [1.54, 1.807) is 0 Å². The van der Waals surface area contributed by atoms with Gasteiger partial charge in [-0.1, -0.05) is 48.5 Å². The summed E-state index contributed by atoms with van der Waals surface area (Å²) in [4.78, 5) is 13.1. The molecule has 0 fully saturated rings. The van der Waals surface area contributed by atoms with E-state index < -0.39 is 8.80 Å². The number of fused-ring (bicyclic) bond motifs is 2. The van der Waals surface area contributed by atoms with E-state index in [-0.39, 0.29) is 5.97 Å². The van der Waals surface area contributed by atoms with Crippen LogP contribution in [0.3, 0.4) is 0 Å². The van der Waals surface area contributed by atoms with Gasteiger partial charge in [0.25, 0.3) is 0 Å². The predicted octanol–water partition coefficient (Wildman–Crippen LogP) is 5.59. The Morgan fingerprint density at radius 1 is 0.800 bits per heavy atom. The van der Waals surface area contributed by atoms with Gasteiger partial charge in [-0.25, -0.2) is 4.79 Å². The minimum atomic E-state index is -2.73. The largest absolute Gasteiger partial charge is 0.501 e. The summed E-state index contributed by atoms with van der Waals surface area (Å²) in [6.45, 7) is 7.71. The summed E-state index contributed by atoms with van der Waals surface area (Å²) in [7, 11) is -2.73. The fraction of sp³-hybridized carbons (Fsp3) is 0.375. The van der Waals surface area contributed by atoms with Crippen molar-refractivity contribution >= 4 is 36.3 Å². The number of benzene rings is 3. The van der Waals surface area contributed by atoms with Gasteiger partial charge in [-0.05, 0) is 54.8 Å². The summed E-state index contributed by atoms with van der Waals surface area (Å²) in [6, 6.07) is 18.5. The van der Waals surface area contributed by atoms with Crippen LogP contribution in [0.5, 0.6) is 0 Å². The summed E-state index contributed by atoms with van der Waals surface area (Å²) in [5, 5.41) is 3.86. The standard InChI is InChI=1S/C24H30O5Si/c1-4-27-30(28-5-2,29-6-3)17-11-16-26-24(25)23-21-14-9-7-12-19(21)18-20-13-8-10-15-22(20)23/h7-10,12-15,18H,4-6,11,16-17H2,1-3H3. The van der Waals surface area contributed by atoms with Crippen LogP contribution in [-0.4, -0.2) is 41.2 Å². The number of carbonyl (C=O) groups excluding carboxylic acids is 1. The van der Waals surface area contributed by atoms with Crippen LogP contribution < -0.4 is 0 Å². The van der Waals surface area contributed by atoms with Gasteiger partial charge in [-0.15, -0.1) is 0 Å². The molecule has 0 aromatic heterocycles. The molecule has 0 N–H and O–H groups in total. The van der Waals surface area contributed by atoms with E-state index >= 15 is 0 Å². The lowest BCUT2D eigenvalue weighted by molar-refractivity contribution is 0.0472. The molecule has 0 amide bonds. The first-order valence-electron chi connectivity index (χ1n) is 10.6. The van der Waals surface area contributed by atoms with Gasteiger partial charge in [0, 0.05) is 25.9 Å². The van der Waals surface area contributed by atoms with Crippen molar-refractivity contribution in [2.24, 2.45) is 0 Å². The highest BCUT2D eigenvalue weighted by atomic mass is 28.4. The van der Waals surface area contributed by atoms with Crippen LogP contribution in [0.4, 0.5) is 0 Å². The quantitative estimate of drug-likeness (QED) is 0.173. The van der Waals surface area contributed by atoms with Crippen LogP contribution in [-0.2, 0) is 18.0 Å². The van der Waals surface area contributed by atoms with E-state index in [9.17, 15) is 4.79 Å². The SMILES string of the molecule is CCO[Si](CCCOC(=O)c1c2ccccc2cc2ccccc12)(OCC)OCC. The second-order valence-corrected chi connectivity index (χ2v) is 9.65. The predicted molar refractivity (Wildman–Crippen MR) is 122 cm³/mol. The highest BCUT2D eigenvalue weighted by Crippen LogP contribution is 2.29. The number of hydrogen-bond donors (Lipinski definition) is 0. The lowest BCUT2D eigenvalue weighted by Crippen LogP contribution is -2.46. The third-order valence-corrected chi connectivity index (χ3v) is 8.08. The molecule has 6 heteroatoms. The maximum atomic E-state index is 13.1. The van der Waals surface area contributed by atoms with Gasteiger partial charge >= 0.3 is 14.8 Å². The molecule has 0 aliphatic rings. The summed E-state index contributed by atoms with van der Waals surface area (Å²) in [5.74, 6) is -0.306. The zero-order valence-electron chi connectivity index (χ0n) is 18.0. The van der Waals surface area contributed by atoms with Gasteiger partial charge in [0.15, 0.2) is 0 Å². The molecule has 3 rings (SSSR count). The second kappa shape index (κ2) is 10.7. The Bertz CT molecular complexity index is 917. The molecule has 30 heavy (non-hydrogen) atoms. The van der Waals surface area contributed by atoms with Gasteiger partial charge in [-0.3, -0.25) is 0 Å². The van der Waals surface area contributed by atoms with Crippen molar-refractivity contribution in [1.82, 2.24) is 0 Å². The molecule has 5 nitrogen and oxygen atoms in total. The number of carbonyl (C=O) groups is 1. The Kier molecular flexibility index (Phi) is 7.99. The van der Waals surface area contributed by atoms with Gasteiger partial charge in [0.1, 0.15) is 0 Å². The van der Waals surface area contributed by atoms with Crippen molar-refractivity contribution in [2.45, 2.75) is 33.2 Å². The van der Waals surface area contributed by atoms with Crippen LogP contribution in [0.25, 0.3) is 21.5 Å². The molecular formula is C24H30O5Si. The molecule has 0 heterocycles. The topological polar surface area (TPSA) is 54.0 Å². The van der Waals surface area contributed by atoms with Crippen molar-refractivity contribution < 1.29 is 22.8 Å². The first kappa shape index (κ1) is 22.4. The van der Waals surface area contributed by atoms with Crippen LogP contribution in [0.2, 0.25) is 6.04 Å². The molecule has 3 aromatic rings. The summed E-state index contributed by atoms with van der Waals surface area (Å²) >= 11 is 0. The smallest absolute Gasteiger partial charge is 0.462 e. The molecule has 0 bridgehead atoms. The van der Waals surface area contributed by atoms with E-state index in [2.05, 4.69) is 6.07 Å². The highest BCUT2D eigenvalue weighted by molar-refractivity contribution is 6.60. The zero-order valence-corrected chi connectivity index (χ0v) is 19.0. The molecule has 0 radical (unpaired) electrons. The Labute approximate surface area is 179 Å². The molecule has 3 aromatic carbocycles. The van der Waals surface area contributed by atoms with Crippen molar-refractivity contribution in [3.8, 4) is 0 Å². The molecule has 0 aliphatic carbocycles. The van der Waals surface area contributed by atoms with Gasteiger partial charge in [0.2, 0.25) is 0 Å². The van der Waals surface area contributed by atoms with Crippen LogP contribution >= 0.6 is 0 Å². The lowest BCUT2D eigenvalue weighted by Gasteiger charge is -2.28. The van der Waals surface area contributed by atoms with Crippen molar-refractivity contribution in [1.29, 1.82) is 0 Å². The van der Waals surface area contributed by atoms with Gasteiger partial charge in [-0.2, -0.15) is 0 Å². The second-order valence-electron chi connectivity index (χ2n) is 6.92. The molecule has 0 unspecified atom stereocenters. The maximum absolute atomic E-state index is 13.1. The highest BCUT2D eigenvalue weighted by Gasteiger charge is 2.39. The third-order valence-electron chi connectivity index (χ3n) is 4.93. The third kappa shape index (κ3) is 5.07. The van der Waals surface area contributed by atoms with E-state index in [0.717, 1.165) is 21.5 Å². The number of rotatable bonds is 11. The maximum Gasteiger partial charge on any atom is 0.501 e. The molecule has 0 spiro atoms. The van der Waals surface area contributed by atoms with E-state index in [1.165, 1.54) is 0 Å². The lowest BCUT2D eigenvalue weighted by atomic mass is 9.97. The number of ether oxygens (including phenoxy) is 1. The Morgan fingerprint density at radius 3 is 1.80 bits per heavy atom. The average molecular weight is 427 g/mol. The zero-order chi connectivity index (χ0) is 21.4. The minimum absolute atomic E-state index is 0.290. The van der Waals surface area contributed by atoms with Gasteiger partial charge < -0.3 is 18.0 Å². The van der Waals surface area contributed by atoms with Crippen molar-refractivity contribution in [3.63, 3.8) is 0 Å². The molecule has 160 valence electrons. The van der Waals surface area contributed by atoms with Gasteiger partial charge in [0.05, 0.1) is 12.2 Å². The first-order chi connectivity index (χ1) is 14.6. The minimum Gasteiger partial charge on any atom is -0.462 e. The van der Waals surface area contributed by atoms with E-state index in [4.69, 9.17) is 18.0 Å². The van der Waals surface area contributed by atoms with Crippen LogP contribution in [0, 0.1) is 0 Å². The first-order valence-corrected chi connectivity index (χ1v) is 12.6. The van der Waals surface area contributed by atoms with Crippen LogP contribution in [0.15, 0.2) is 54.6 Å². The van der Waals surface area contributed by atoms with E-state index in [0.29, 0.717) is 44.5 Å². The molecular weight excluding hydrogens is 396 g/mol. The Hall–Kier alpha value is -2.25. The Morgan fingerprint density at radius 2 is 1.30 bits per heavy atom. The summed E-state index contributed by atoms with van der Waals surface area (Å²) in [5.41, 5.74) is 0.617. The van der Waals surface area contributed by atoms with Crippen molar-refractivity contribution in [3.05, 3.63) is 60.2 Å². The van der Waals surface area contributed by atoms with E-state index in [1.807, 2.05) is 69.3 Å². The Balaban J connectivity index is 1.75. The van der Waals surface area contributed by atoms with Crippen LogP contribution in [0.1, 0.15) is 37.6 Å². The summed E-state index contributed by atoms with van der Waals surface area (Å²) < 4.78 is 23.3.